The topological polar surface area (TPSA) is 24.8 Å². The molecule has 0 aliphatic carbocycles. The summed E-state index contributed by atoms with van der Waals surface area (Å²) in [4.78, 5) is 1.19. The standard InChI is InChI=1S/C20H16N2OS/c1-2-7-14(8-3-1)16-13-17-15-9-4-5-10-18(15)23-20(22(17)21-16)19-11-6-12-24-19/h1-12,17,20H,13H2/t17-,20-/m0/s1. The second-order valence-corrected chi connectivity index (χ2v) is 7.02. The molecule has 4 heteroatoms. The molecule has 118 valence electrons. The number of fused-ring (bicyclic) bond motifs is 3. The average Bonchev–Trinajstić information content (AvgIpc) is 3.32. The molecule has 0 amide bonds. The number of rotatable bonds is 2. The minimum atomic E-state index is -0.147. The highest BCUT2D eigenvalue weighted by molar-refractivity contribution is 7.10. The summed E-state index contributed by atoms with van der Waals surface area (Å²) >= 11 is 1.71. The van der Waals surface area contributed by atoms with Crippen molar-refractivity contribution >= 4 is 17.0 Å². The van der Waals surface area contributed by atoms with Crippen LogP contribution in [0, 0.1) is 0 Å². The minimum absolute atomic E-state index is 0.147. The van der Waals surface area contributed by atoms with Crippen LogP contribution in [0.4, 0.5) is 0 Å². The zero-order valence-corrected chi connectivity index (χ0v) is 13.8. The minimum Gasteiger partial charge on any atom is -0.464 e. The number of benzene rings is 2. The largest absolute Gasteiger partial charge is 0.464 e. The molecule has 2 aliphatic heterocycles. The van der Waals surface area contributed by atoms with Crippen molar-refractivity contribution in [2.45, 2.75) is 18.7 Å². The zero-order chi connectivity index (χ0) is 15.9. The molecule has 5 rings (SSSR count). The van der Waals surface area contributed by atoms with Gasteiger partial charge in [0.2, 0.25) is 6.23 Å². The maximum atomic E-state index is 6.30. The SMILES string of the molecule is c1ccc(C2=NN3[C@@H](C2)c2ccccc2O[C@H]3c2cccs2)cc1. The van der Waals surface area contributed by atoms with Crippen molar-refractivity contribution in [2.75, 3.05) is 0 Å². The lowest BCUT2D eigenvalue weighted by atomic mass is 9.96. The Bertz CT molecular complexity index is 889. The molecule has 0 fully saturated rings. The Kier molecular flexibility index (Phi) is 3.16. The van der Waals surface area contributed by atoms with E-state index in [2.05, 4.69) is 65.0 Å². The van der Waals surface area contributed by atoms with E-state index in [1.54, 1.807) is 11.3 Å². The highest BCUT2D eigenvalue weighted by Crippen LogP contribution is 2.47. The molecule has 2 aromatic carbocycles. The second-order valence-electron chi connectivity index (χ2n) is 6.04. The molecule has 0 radical (unpaired) electrons. The number of ether oxygens (including phenoxy) is 1. The number of hydrogen-bond donors (Lipinski definition) is 0. The van der Waals surface area contributed by atoms with Gasteiger partial charge in [-0.25, -0.2) is 5.01 Å². The average molecular weight is 332 g/mol. The lowest BCUT2D eigenvalue weighted by Crippen LogP contribution is -2.33. The Morgan fingerprint density at radius 2 is 1.79 bits per heavy atom. The fourth-order valence-electron chi connectivity index (χ4n) is 3.46. The summed E-state index contributed by atoms with van der Waals surface area (Å²) in [6.45, 7) is 0. The van der Waals surface area contributed by atoms with E-state index in [0.29, 0.717) is 0 Å². The van der Waals surface area contributed by atoms with Crippen molar-refractivity contribution in [3.63, 3.8) is 0 Å². The number of nitrogens with zero attached hydrogens (tertiary/aromatic N) is 2. The van der Waals surface area contributed by atoms with E-state index in [1.807, 2.05) is 12.1 Å². The van der Waals surface area contributed by atoms with Gasteiger partial charge in [-0.1, -0.05) is 54.6 Å². The summed E-state index contributed by atoms with van der Waals surface area (Å²) in [6.07, 6.45) is 0.762. The summed E-state index contributed by atoms with van der Waals surface area (Å²) in [5, 5.41) is 9.17. The first-order valence-corrected chi connectivity index (χ1v) is 8.98. The Labute approximate surface area is 144 Å². The molecule has 24 heavy (non-hydrogen) atoms. The maximum absolute atomic E-state index is 6.30. The Morgan fingerprint density at radius 3 is 2.62 bits per heavy atom. The first-order valence-electron chi connectivity index (χ1n) is 8.10. The van der Waals surface area contributed by atoms with Crippen molar-refractivity contribution < 1.29 is 4.74 Å². The molecule has 3 heterocycles. The van der Waals surface area contributed by atoms with Gasteiger partial charge in [-0.05, 0) is 23.1 Å². The van der Waals surface area contributed by atoms with Crippen LogP contribution in [0.2, 0.25) is 0 Å². The molecule has 2 aliphatic rings. The van der Waals surface area contributed by atoms with Crippen molar-refractivity contribution in [2.24, 2.45) is 5.10 Å². The summed E-state index contributed by atoms with van der Waals surface area (Å²) in [7, 11) is 0. The van der Waals surface area contributed by atoms with E-state index in [0.717, 1.165) is 17.9 Å². The van der Waals surface area contributed by atoms with Gasteiger partial charge in [0.1, 0.15) is 5.75 Å². The van der Waals surface area contributed by atoms with Crippen LogP contribution in [0.25, 0.3) is 0 Å². The molecule has 0 spiro atoms. The first-order chi connectivity index (χ1) is 11.9. The van der Waals surface area contributed by atoms with Gasteiger partial charge < -0.3 is 4.74 Å². The van der Waals surface area contributed by atoms with E-state index in [4.69, 9.17) is 9.84 Å². The molecular weight excluding hydrogens is 316 g/mol. The molecule has 3 nitrogen and oxygen atoms in total. The van der Waals surface area contributed by atoms with Crippen LogP contribution in [0.15, 0.2) is 77.2 Å². The highest BCUT2D eigenvalue weighted by atomic mass is 32.1. The van der Waals surface area contributed by atoms with Gasteiger partial charge in [0, 0.05) is 12.0 Å². The summed E-state index contributed by atoms with van der Waals surface area (Å²) in [5.74, 6) is 0.974. The third kappa shape index (κ3) is 2.14. The first kappa shape index (κ1) is 13.8. The highest BCUT2D eigenvalue weighted by Gasteiger charge is 2.41. The molecule has 1 aromatic heterocycles. The molecule has 2 atom stereocenters. The van der Waals surface area contributed by atoms with Crippen LogP contribution in [0.5, 0.6) is 5.75 Å². The van der Waals surface area contributed by atoms with Crippen molar-refractivity contribution in [3.8, 4) is 5.75 Å². The zero-order valence-electron chi connectivity index (χ0n) is 13.0. The Balaban J connectivity index is 1.61. The van der Waals surface area contributed by atoms with Gasteiger partial charge >= 0.3 is 0 Å². The van der Waals surface area contributed by atoms with Crippen molar-refractivity contribution in [1.82, 2.24) is 5.01 Å². The summed E-state index contributed by atoms with van der Waals surface area (Å²) in [5.41, 5.74) is 3.54. The normalized spacial score (nSPS) is 21.7. The Morgan fingerprint density at radius 1 is 0.958 bits per heavy atom. The smallest absolute Gasteiger partial charge is 0.222 e. The molecule has 0 N–H and O–H groups in total. The van der Waals surface area contributed by atoms with Crippen LogP contribution in [0.3, 0.4) is 0 Å². The number of thiophene rings is 1. The van der Waals surface area contributed by atoms with E-state index in [1.165, 1.54) is 16.0 Å². The second kappa shape index (κ2) is 5.49. The lowest BCUT2D eigenvalue weighted by molar-refractivity contribution is -0.0165. The van der Waals surface area contributed by atoms with Crippen molar-refractivity contribution in [3.05, 3.63) is 88.1 Å². The predicted octanol–water partition coefficient (Wildman–Crippen LogP) is 4.99. The predicted molar refractivity (Wildman–Crippen MR) is 96.3 cm³/mol. The van der Waals surface area contributed by atoms with Crippen LogP contribution in [-0.2, 0) is 0 Å². The molecule has 0 unspecified atom stereocenters. The summed E-state index contributed by atoms with van der Waals surface area (Å²) in [6, 6.07) is 23.2. The lowest BCUT2D eigenvalue weighted by Gasteiger charge is -2.37. The number of hydrazone groups is 1. The van der Waals surface area contributed by atoms with E-state index in [-0.39, 0.29) is 12.3 Å². The molecule has 0 saturated carbocycles. The monoisotopic (exact) mass is 332 g/mol. The molecular formula is C20H16N2OS. The van der Waals surface area contributed by atoms with Crippen LogP contribution in [-0.4, -0.2) is 10.7 Å². The van der Waals surface area contributed by atoms with Crippen molar-refractivity contribution in [1.29, 1.82) is 0 Å². The fraction of sp³-hybridized carbons (Fsp3) is 0.150. The van der Waals surface area contributed by atoms with E-state index < -0.39 is 0 Å². The molecule has 3 aromatic rings. The molecule has 0 saturated heterocycles. The Hall–Kier alpha value is -2.59. The third-order valence-corrected chi connectivity index (χ3v) is 5.50. The van der Waals surface area contributed by atoms with Crippen LogP contribution in [0.1, 0.15) is 34.7 Å². The van der Waals surface area contributed by atoms with Gasteiger partial charge in [-0.15, -0.1) is 11.3 Å². The van der Waals surface area contributed by atoms with Crippen LogP contribution < -0.4 is 4.74 Å². The fourth-order valence-corrected chi connectivity index (χ4v) is 4.20. The number of hydrogen-bond acceptors (Lipinski definition) is 4. The molecule has 0 bridgehead atoms. The quantitative estimate of drug-likeness (QED) is 0.660. The van der Waals surface area contributed by atoms with Gasteiger partial charge in [0.25, 0.3) is 0 Å². The summed E-state index contributed by atoms with van der Waals surface area (Å²) < 4.78 is 6.30. The van der Waals surface area contributed by atoms with Gasteiger partial charge in [-0.2, -0.15) is 5.10 Å². The third-order valence-electron chi connectivity index (χ3n) is 4.59. The van der Waals surface area contributed by atoms with Gasteiger partial charge in [0.15, 0.2) is 0 Å². The maximum Gasteiger partial charge on any atom is 0.222 e. The van der Waals surface area contributed by atoms with E-state index >= 15 is 0 Å². The van der Waals surface area contributed by atoms with Crippen LogP contribution >= 0.6 is 11.3 Å². The van der Waals surface area contributed by atoms with Gasteiger partial charge in [-0.3, -0.25) is 0 Å². The van der Waals surface area contributed by atoms with Gasteiger partial charge in [0.05, 0.1) is 16.6 Å². The number of para-hydroxylation sites is 1. The van der Waals surface area contributed by atoms with E-state index in [9.17, 15) is 0 Å².